The summed E-state index contributed by atoms with van der Waals surface area (Å²) >= 11 is 0. The Morgan fingerprint density at radius 3 is 2.83 bits per heavy atom. The van der Waals surface area contributed by atoms with E-state index in [2.05, 4.69) is 0 Å². The number of ketones is 1. The van der Waals surface area contributed by atoms with Crippen LogP contribution in [-0.2, 0) is 19.1 Å². The van der Waals surface area contributed by atoms with Crippen molar-refractivity contribution >= 4 is 17.7 Å². The molecule has 0 aromatic heterocycles. The summed E-state index contributed by atoms with van der Waals surface area (Å²) in [5.41, 5.74) is 0.855. The van der Waals surface area contributed by atoms with Gasteiger partial charge in [0.1, 0.15) is 11.5 Å². The highest BCUT2D eigenvalue weighted by Crippen LogP contribution is 2.46. The van der Waals surface area contributed by atoms with Gasteiger partial charge in [-0.2, -0.15) is 0 Å². The van der Waals surface area contributed by atoms with E-state index in [1.54, 1.807) is 19.1 Å². The summed E-state index contributed by atoms with van der Waals surface area (Å²) in [5.74, 6) is -0.776. The quantitative estimate of drug-likeness (QED) is 0.627. The first-order valence-corrected chi connectivity index (χ1v) is 8.58. The molecule has 0 radical (unpaired) electrons. The molecule has 0 saturated heterocycles. The van der Waals surface area contributed by atoms with Crippen molar-refractivity contribution in [2.75, 3.05) is 6.61 Å². The summed E-state index contributed by atoms with van der Waals surface area (Å²) in [6.07, 6.45) is 2.71. The van der Waals surface area contributed by atoms with Crippen LogP contribution in [0, 0.1) is 11.8 Å². The Kier molecular flexibility index (Phi) is 4.97. The fraction of sp³-hybridized carbons (Fsp3) is 0.526. The lowest BCUT2D eigenvalue weighted by Gasteiger charge is -2.37. The van der Waals surface area contributed by atoms with E-state index in [9.17, 15) is 14.4 Å². The van der Waals surface area contributed by atoms with Gasteiger partial charge >= 0.3 is 11.9 Å². The van der Waals surface area contributed by atoms with Crippen LogP contribution in [0.2, 0.25) is 0 Å². The van der Waals surface area contributed by atoms with Crippen molar-refractivity contribution in [2.24, 2.45) is 11.8 Å². The number of rotatable bonds is 4. The molecule has 0 N–H and O–H groups in total. The maximum atomic E-state index is 12.6. The molecule has 1 heterocycles. The van der Waals surface area contributed by atoms with Crippen LogP contribution in [0.1, 0.15) is 50.5 Å². The molecule has 5 heteroatoms. The Morgan fingerprint density at radius 2 is 2.08 bits per heavy atom. The first-order chi connectivity index (χ1) is 11.6. The van der Waals surface area contributed by atoms with Crippen LogP contribution in [0.25, 0.3) is 0 Å². The molecule has 0 bridgehead atoms. The first kappa shape index (κ1) is 16.7. The van der Waals surface area contributed by atoms with Crippen LogP contribution >= 0.6 is 0 Å². The van der Waals surface area contributed by atoms with Gasteiger partial charge < -0.3 is 9.47 Å². The number of benzene rings is 1. The van der Waals surface area contributed by atoms with E-state index < -0.39 is 5.92 Å². The average Bonchev–Trinajstić information content (AvgIpc) is 2.55. The molecular formula is C19H22O5. The number of hydrogen-bond acceptors (Lipinski definition) is 5. The predicted molar refractivity (Wildman–Crippen MR) is 86.5 cm³/mol. The number of hydrogen-bond donors (Lipinski definition) is 0. The van der Waals surface area contributed by atoms with Gasteiger partial charge in [0.05, 0.1) is 18.9 Å². The number of carbonyl (C=O) groups is 3. The molecule has 3 rings (SSSR count). The lowest BCUT2D eigenvalue weighted by Crippen LogP contribution is -2.39. The number of ether oxygens (including phenoxy) is 2. The van der Waals surface area contributed by atoms with E-state index in [-0.39, 0.29) is 36.0 Å². The Morgan fingerprint density at radius 1 is 1.29 bits per heavy atom. The maximum absolute atomic E-state index is 12.6. The molecule has 128 valence electrons. The second-order valence-corrected chi connectivity index (χ2v) is 6.50. The van der Waals surface area contributed by atoms with Crippen LogP contribution in [0.3, 0.4) is 0 Å². The standard InChI is InChI=1S/C19H22O5/c1-2-23-17(21)11-15-14-8-3-4-9-16(14)24-19(22)18(15)12-6-5-7-13(20)10-12/h3-4,8-9,12,15,18H,2,5-7,10-11H2,1H3/t12-,15-,18+/m1/s1. The van der Waals surface area contributed by atoms with Crippen molar-refractivity contribution in [1.82, 2.24) is 0 Å². The number of fused-ring (bicyclic) bond motifs is 1. The van der Waals surface area contributed by atoms with Crippen LogP contribution in [0.15, 0.2) is 24.3 Å². The Hall–Kier alpha value is -2.17. The predicted octanol–water partition coefficient (Wildman–Crippen LogP) is 3.02. The zero-order valence-corrected chi connectivity index (χ0v) is 13.8. The second-order valence-electron chi connectivity index (χ2n) is 6.50. The minimum atomic E-state index is -0.464. The molecule has 3 atom stereocenters. The van der Waals surface area contributed by atoms with Crippen molar-refractivity contribution < 1.29 is 23.9 Å². The molecule has 5 nitrogen and oxygen atoms in total. The van der Waals surface area contributed by atoms with Crippen LogP contribution in [-0.4, -0.2) is 24.3 Å². The molecule has 1 aromatic rings. The molecule has 1 fully saturated rings. The van der Waals surface area contributed by atoms with Crippen molar-refractivity contribution in [3.05, 3.63) is 29.8 Å². The fourth-order valence-corrected chi connectivity index (χ4v) is 3.94. The van der Waals surface area contributed by atoms with Gasteiger partial charge in [-0.05, 0) is 37.3 Å². The molecule has 1 saturated carbocycles. The maximum Gasteiger partial charge on any atom is 0.315 e. The Labute approximate surface area is 141 Å². The van der Waals surface area contributed by atoms with Crippen molar-refractivity contribution in [3.8, 4) is 5.75 Å². The highest BCUT2D eigenvalue weighted by atomic mass is 16.5. The van der Waals surface area contributed by atoms with Gasteiger partial charge in [-0.1, -0.05) is 18.2 Å². The van der Waals surface area contributed by atoms with Gasteiger partial charge in [-0.25, -0.2) is 0 Å². The van der Waals surface area contributed by atoms with E-state index in [1.165, 1.54) is 0 Å². The molecular weight excluding hydrogens is 308 g/mol. The third kappa shape index (κ3) is 3.35. The molecule has 24 heavy (non-hydrogen) atoms. The molecule has 1 aliphatic heterocycles. The number of Topliss-reactive ketones (excluding diaryl/α,β-unsaturated/α-hetero) is 1. The SMILES string of the molecule is CCOC(=O)C[C@@H]1c2ccccc2OC(=O)[C@H]1[C@@H]1CCCC(=O)C1. The largest absolute Gasteiger partial charge is 0.466 e. The second kappa shape index (κ2) is 7.16. The van der Waals surface area contributed by atoms with Crippen LogP contribution in [0.4, 0.5) is 0 Å². The lowest BCUT2D eigenvalue weighted by atomic mass is 9.69. The van der Waals surface area contributed by atoms with E-state index in [4.69, 9.17) is 9.47 Å². The summed E-state index contributed by atoms with van der Waals surface area (Å²) in [6.45, 7) is 2.07. The molecule has 1 aromatic carbocycles. The zero-order valence-electron chi connectivity index (χ0n) is 13.8. The van der Waals surface area contributed by atoms with Gasteiger partial charge in [-0.3, -0.25) is 14.4 Å². The van der Waals surface area contributed by atoms with Crippen molar-refractivity contribution in [1.29, 1.82) is 0 Å². The van der Waals surface area contributed by atoms with E-state index in [0.717, 1.165) is 18.4 Å². The minimum absolute atomic E-state index is 0.0634. The van der Waals surface area contributed by atoms with E-state index in [1.807, 2.05) is 12.1 Å². The molecule has 0 spiro atoms. The Bertz CT molecular complexity index is 651. The molecule has 0 amide bonds. The third-order valence-electron chi connectivity index (χ3n) is 4.95. The van der Waals surface area contributed by atoms with Gasteiger partial charge in [0.15, 0.2) is 0 Å². The van der Waals surface area contributed by atoms with Crippen molar-refractivity contribution in [3.63, 3.8) is 0 Å². The van der Waals surface area contributed by atoms with Crippen LogP contribution in [0.5, 0.6) is 5.75 Å². The van der Waals surface area contributed by atoms with E-state index in [0.29, 0.717) is 25.2 Å². The fourth-order valence-electron chi connectivity index (χ4n) is 3.94. The molecule has 0 unspecified atom stereocenters. The molecule has 1 aliphatic carbocycles. The monoisotopic (exact) mass is 330 g/mol. The highest BCUT2D eigenvalue weighted by molar-refractivity contribution is 5.84. The number of carbonyl (C=O) groups excluding carboxylic acids is 3. The summed E-state index contributed by atoms with van der Waals surface area (Å²) < 4.78 is 10.6. The molecule has 2 aliphatic rings. The average molecular weight is 330 g/mol. The summed E-state index contributed by atoms with van der Waals surface area (Å²) in [6, 6.07) is 7.31. The van der Waals surface area contributed by atoms with Gasteiger partial charge in [0.2, 0.25) is 0 Å². The van der Waals surface area contributed by atoms with Crippen molar-refractivity contribution in [2.45, 2.75) is 44.9 Å². The van der Waals surface area contributed by atoms with Crippen LogP contribution < -0.4 is 4.74 Å². The number of esters is 2. The Balaban J connectivity index is 1.93. The van der Waals surface area contributed by atoms with Gasteiger partial charge in [0.25, 0.3) is 0 Å². The normalized spacial score (nSPS) is 26.5. The summed E-state index contributed by atoms with van der Waals surface area (Å²) in [7, 11) is 0. The van der Waals surface area contributed by atoms with Gasteiger partial charge in [-0.15, -0.1) is 0 Å². The summed E-state index contributed by atoms with van der Waals surface area (Å²) in [4.78, 5) is 36.6. The minimum Gasteiger partial charge on any atom is -0.466 e. The third-order valence-corrected chi connectivity index (χ3v) is 4.95. The highest BCUT2D eigenvalue weighted by Gasteiger charge is 2.44. The smallest absolute Gasteiger partial charge is 0.315 e. The topological polar surface area (TPSA) is 69.7 Å². The van der Waals surface area contributed by atoms with E-state index >= 15 is 0 Å². The first-order valence-electron chi connectivity index (χ1n) is 8.58. The zero-order chi connectivity index (χ0) is 17.1. The lowest BCUT2D eigenvalue weighted by molar-refractivity contribution is -0.148. The summed E-state index contributed by atoms with van der Waals surface area (Å²) in [5, 5.41) is 0. The van der Waals surface area contributed by atoms with Gasteiger partial charge in [0, 0.05) is 18.8 Å². The number of para-hydroxylation sites is 1.